The number of anilines is 2. The number of rotatable bonds is 7. The molecule has 1 heterocycles. The Bertz CT molecular complexity index is 1130. The van der Waals surface area contributed by atoms with Crippen molar-refractivity contribution < 1.29 is 22.7 Å². The van der Waals surface area contributed by atoms with Crippen molar-refractivity contribution in [2.45, 2.75) is 34.1 Å². The molecule has 10 heteroatoms. The minimum Gasteiger partial charge on any atom is -0.388 e. The van der Waals surface area contributed by atoms with Crippen molar-refractivity contribution in [3.05, 3.63) is 84.0 Å². The first-order valence-corrected chi connectivity index (χ1v) is 12.1. The number of hydrogen-bond acceptors (Lipinski definition) is 4. The molecule has 0 aliphatic heterocycles. The van der Waals surface area contributed by atoms with Gasteiger partial charge in [-0.3, -0.25) is 14.2 Å². The zero-order valence-corrected chi connectivity index (χ0v) is 23.3. The maximum absolute atomic E-state index is 11.0. The molecule has 38 heavy (non-hydrogen) atoms. The number of amides is 1. The number of hydrogen-bond donors (Lipinski definition) is 2. The van der Waals surface area contributed by atoms with Crippen LogP contribution >= 0.6 is 11.6 Å². The summed E-state index contributed by atoms with van der Waals surface area (Å²) in [6, 6.07) is 15.3. The number of aromatic nitrogens is 2. The smallest absolute Gasteiger partial charge is 0.388 e. The van der Waals surface area contributed by atoms with Gasteiger partial charge in [0, 0.05) is 41.6 Å². The van der Waals surface area contributed by atoms with Crippen LogP contribution in [0.15, 0.2) is 73.5 Å². The van der Waals surface area contributed by atoms with Crippen LogP contribution in [0.2, 0.25) is 5.02 Å². The van der Waals surface area contributed by atoms with E-state index in [2.05, 4.69) is 71.2 Å². The number of nitrogens with zero attached hydrogens (tertiary/aromatic N) is 2. The lowest BCUT2D eigenvalue weighted by atomic mass is 10.0. The molecule has 0 aliphatic carbocycles. The molecule has 1 amide bonds. The molecule has 0 spiro atoms. The second-order valence-corrected chi connectivity index (χ2v) is 7.58. The largest absolute Gasteiger partial charge is 0.522 e. The molecule has 0 bridgehead atoms. The van der Waals surface area contributed by atoms with Gasteiger partial charge in [0.15, 0.2) is 0 Å². The Morgan fingerprint density at radius 2 is 1.79 bits per heavy atom. The van der Waals surface area contributed by atoms with Gasteiger partial charge < -0.3 is 10.6 Å². The fraction of sp³-hybridized carbons (Fsp3) is 0.286. The van der Waals surface area contributed by atoms with E-state index in [9.17, 15) is 18.0 Å². The summed E-state index contributed by atoms with van der Waals surface area (Å²) in [5.74, 6) is 0. The van der Waals surface area contributed by atoms with E-state index < -0.39 is 13.0 Å². The predicted molar refractivity (Wildman–Crippen MR) is 152 cm³/mol. The number of benzene rings is 2. The van der Waals surface area contributed by atoms with Crippen molar-refractivity contribution in [2.24, 2.45) is 7.05 Å². The third-order valence-corrected chi connectivity index (χ3v) is 4.91. The SMILES string of the molecule is C/C=C(\C)c1cnn(C)c1-c1cccc(NC)c1.C=CCOC(F)(F)F.CC.O=CNc1ccc(Cl)cc1. The molecule has 208 valence electrons. The molecule has 3 rings (SSSR count). The zero-order valence-electron chi connectivity index (χ0n) is 22.6. The lowest BCUT2D eigenvalue weighted by Crippen LogP contribution is -2.12. The fourth-order valence-electron chi connectivity index (χ4n) is 2.81. The van der Waals surface area contributed by atoms with Crippen molar-refractivity contribution in [2.75, 3.05) is 24.3 Å². The summed E-state index contributed by atoms with van der Waals surface area (Å²) in [7, 11) is 3.91. The Morgan fingerprint density at radius 3 is 2.26 bits per heavy atom. The van der Waals surface area contributed by atoms with E-state index in [0.29, 0.717) is 11.4 Å². The topological polar surface area (TPSA) is 68.2 Å². The summed E-state index contributed by atoms with van der Waals surface area (Å²) in [4.78, 5) is 9.92. The van der Waals surface area contributed by atoms with Gasteiger partial charge in [0.05, 0.1) is 18.5 Å². The second kappa shape index (κ2) is 18.6. The highest BCUT2D eigenvalue weighted by atomic mass is 35.5. The van der Waals surface area contributed by atoms with Crippen molar-refractivity contribution in [3.63, 3.8) is 0 Å². The van der Waals surface area contributed by atoms with Crippen LogP contribution in [-0.2, 0) is 16.6 Å². The van der Waals surface area contributed by atoms with Crippen molar-refractivity contribution in [3.8, 4) is 11.3 Å². The first-order chi connectivity index (χ1) is 18.1. The molecule has 1 aromatic heterocycles. The van der Waals surface area contributed by atoms with Gasteiger partial charge in [0.2, 0.25) is 6.41 Å². The number of allylic oxidation sites excluding steroid dienone is 2. The lowest BCUT2D eigenvalue weighted by molar-refractivity contribution is -0.319. The molecule has 0 fully saturated rings. The van der Waals surface area contributed by atoms with Crippen LogP contribution in [-0.4, -0.2) is 36.2 Å². The summed E-state index contributed by atoms with van der Waals surface area (Å²) in [6.45, 7) is 10.7. The highest BCUT2D eigenvalue weighted by Crippen LogP contribution is 2.29. The molecular formula is C28H36ClF3N4O2. The molecule has 0 atom stereocenters. The standard InChI is InChI=1S/C15H19N3.C7H6ClNO.C4H5F3O.C2H6/c1-5-11(2)14-10-17-18(4)15(14)12-7-6-8-13(9-12)16-3;8-6-1-3-7(4-2-6)9-5-10;1-2-3-8-4(5,6)7;1-2/h5-10,16H,1-4H3;1-5H,(H,9,10);2H,1,3H2;1-2H3/b11-5+;;;. The summed E-state index contributed by atoms with van der Waals surface area (Å²) < 4.78 is 38.1. The van der Waals surface area contributed by atoms with E-state index in [0.717, 1.165) is 23.1 Å². The van der Waals surface area contributed by atoms with Crippen LogP contribution < -0.4 is 10.6 Å². The molecule has 2 N–H and O–H groups in total. The molecule has 0 saturated carbocycles. The number of ether oxygens (including phenoxy) is 1. The molecule has 0 unspecified atom stereocenters. The van der Waals surface area contributed by atoms with Crippen LogP contribution in [0.5, 0.6) is 0 Å². The number of nitrogens with one attached hydrogen (secondary N) is 2. The lowest BCUT2D eigenvalue weighted by Gasteiger charge is -2.08. The Labute approximate surface area is 228 Å². The Morgan fingerprint density at radius 1 is 1.16 bits per heavy atom. The Hall–Kier alpha value is -3.56. The zero-order chi connectivity index (χ0) is 29.1. The normalized spacial score (nSPS) is 10.4. The summed E-state index contributed by atoms with van der Waals surface area (Å²) >= 11 is 5.60. The van der Waals surface area contributed by atoms with Crippen LogP contribution in [0.3, 0.4) is 0 Å². The maximum Gasteiger partial charge on any atom is 0.522 e. The first kappa shape index (κ1) is 34.4. The molecular weight excluding hydrogens is 517 g/mol. The first-order valence-electron chi connectivity index (χ1n) is 11.8. The average Bonchev–Trinajstić information content (AvgIpc) is 3.31. The highest BCUT2D eigenvalue weighted by Gasteiger charge is 2.27. The monoisotopic (exact) mass is 552 g/mol. The van der Waals surface area contributed by atoms with Gasteiger partial charge in [-0.2, -0.15) is 5.10 Å². The Kier molecular flexibility index (Phi) is 16.9. The third kappa shape index (κ3) is 13.1. The molecule has 0 radical (unpaired) electrons. The maximum atomic E-state index is 11.0. The molecule has 0 aliphatic rings. The summed E-state index contributed by atoms with van der Waals surface area (Å²) in [5.41, 5.74) is 6.62. The molecule has 2 aromatic carbocycles. The van der Waals surface area contributed by atoms with Gasteiger partial charge in [0.1, 0.15) is 0 Å². The van der Waals surface area contributed by atoms with E-state index in [1.54, 1.807) is 24.3 Å². The van der Waals surface area contributed by atoms with Crippen LogP contribution in [0.1, 0.15) is 33.3 Å². The highest BCUT2D eigenvalue weighted by molar-refractivity contribution is 6.30. The predicted octanol–water partition coefficient (Wildman–Crippen LogP) is 8.20. The average molecular weight is 553 g/mol. The second-order valence-electron chi connectivity index (χ2n) is 7.15. The van der Waals surface area contributed by atoms with E-state index >= 15 is 0 Å². The molecule has 6 nitrogen and oxygen atoms in total. The quantitative estimate of drug-likeness (QED) is 0.229. The van der Waals surface area contributed by atoms with Gasteiger partial charge in [-0.15, -0.1) is 19.8 Å². The molecule has 0 saturated heterocycles. The summed E-state index contributed by atoms with van der Waals surface area (Å²) in [5, 5.41) is 10.7. The minimum atomic E-state index is -4.52. The van der Waals surface area contributed by atoms with Crippen molar-refractivity contribution in [1.29, 1.82) is 0 Å². The fourth-order valence-corrected chi connectivity index (χ4v) is 2.94. The van der Waals surface area contributed by atoms with Crippen molar-refractivity contribution >= 4 is 35.0 Å². The van der Waals surface area contributed by atoms with Crippen LogP contribution in [0.25, 0.3) is 16.8 Å². The van der Waals surface area contributed by atoms with E-state index in [1.807, 2.05) is 38.8 Å². The van der Waals surface area contributed by atoms with Crippen LogP contribution in [0.4, 0.5) is 24.5 Å². The minimum absolute atomic E-state index is 0.483. The van der Waals surface area contributed by atoms with Gasteiger partial charge >= 0.3 is 6.36 Å². The Balaban J connectivity index is 0.000000580. The van der Waals surface area contributed by atoms with E-state index in [1.165, 1.54) is 16.7 Å². The number of alkyl halides is 3. The number of carbonyl (C=O) groups is 1. The van der Waals surface area contributed by atoms with Gasteiger partial charge in [0.25, 0.3) is 0 Å². The number of halogens is 4. The van der Waals surface area contributed by atoms with E-state index in [-0.39, 0.29) is 0 Å². The van der Waals surface area contributed by atoms with Crippen LogP contribution in [0, 0.1) is 0 Å². The number of aryl methyl sites for hydroxylation is 1. The van der Waals surface area contributed by atoms with Gasteiger partial charge in [-0.25, -0.2) is 0 Å². The number of carbonyl (C=O) groups excluding carboxylic acids is 1. The van der Waals surface area contributed by atoms with Crippen molar-refractivity contribution in [1.82, 2.24) is 9.78 Å². The third-order valence-electron chi connectivity index (χ3n) is 4.66. The van der Waals surface area contributed by atoms with Gasteiger partial charge in [-0.05, 0) is 55.8 Å². The van der Waals surface area contributed by atoms with E-state index in [4.69, 9.17) is 11.6 Å². The van der Waals surface area contributed by atoms with Gasteiger partial charge in [-0.1, -0.05) is 49.7 Å². The summed E-state index contributed by atoms with van der Waals surface area (Å²) in [6.07, 6.45) is 1.18. The molecule has 3 aromatic rings.